The number of aryl methyl sites for hydroxylation is 1. The van der Waals surface area contributed by atoms with Crippen molar-refractivity contribution in [3.8, 4) is 5.75 Å². The van der Waals surface area contributed by atoms with Crippen LogP contribution in [0.5, 0.6) is 5.75 Å². The van der Waals surface area contributed by atoms with E-state index in [0.29, 0.717) is 30.4 Å². The maximum absolute atomic E-state index is 13.6. The standard InChI is InChI=1S/C36H33N5O4/c1-24-37-32-9-5-6-10-33(32)41(24)23-25-17-19-40(20-18-25)35(43)22-30(26-7-3-2-4-8-26)27-11-13-28(14-12-27)38-39-29-15-16-34(42)31(21-29)36(44)45/h2-16,21-22,25,42H,17-20,23H2,1H3,(H,44,45)/b30-22-,39-38?. The zero-order chi connectivity index (χ0) is 31.3. The van der Waals surface area contributed by atoms with E-state index >= 15 is 0 Å². The van der Waals surface area contributed by atoms with E-state index < -0.39 is 5.97 Å². The zero-order valence-corrected chi connectivity index (χ0v) is 24.9. The molecule has 0 unspecified atom stereocenters. The molecule has 0 bridgehead atoms. The highest BCUT2D eigenvalue weighted by atomic mass is 16.4. The van der Waals surface area contributed by atoms with Gasteiger partial charge in [-0.05, 0) is 84.8 Å². The minimum Gasteiger partial charge on any atom is -0.507 e. The predicted octanol–water partition coefficient (Wildman–Crippen LogP) is 7.53. The number of aromatic carboxylic acids is 1. The number of phenols is 1. The molecule has 45 heavy (non-hydrogen) atoms. The first kappa shape index (κ1) is 29.5. The highest BCUT2D eigenvalue weighted by molar-refractivity contribution is 5.99. The summed E-state index contributed by atoms with van der Waals surface area (Å²) in [6.07, 6.45) is 3.59. The number of para-hydroxylation sites is 2. The van der Waals surface area contributed by atoms with E-state index in [2.05, 4.69) is 27.8 Å². The third-order valence-electron chi connectivity index (χ3n) is 8.23. The largest absolute Gasteiger partial charge is 0.507 e. The summed E-state index contributed by atoms with van der Waals surface area (Å²) in [4.78, 5) is 31.5. The molecule has 2 heterocycles. The number of azo groups is 1. The highest BCUT2D eigenvalue weighted by Gasteiger charge is 2.24. The monoisotopic (exact) mass is 599 g/mol. The van der Waals surface area contributed by atoms with Crippen molar-refractivity contribution in [2.75, 3.05) is 13.1 Å². The van der Waals surface area contributed by atoms with Crippen molar-refractivity contribution in [2.45, 2.75) is 26.3 Å². The van der Waals surface area contributed by atoms with Gasteiger partial charge in [-0.25, -0.2) is 9.78 Å². The van der Waals surface area contributed by atoms with Gasteiger partial charge in [0, 0.05) is 25.7 Å². The minimum atomic E-state index is -1.24. The van der Waals surface area contributed by atoms with Crippen LogP contribution in [0.4, 0.5) is 11.4 Å². The first-order chi connectivity index (χ1) is 21.9. The van der Waals surface area contributed by atoms with Crippen LogP contribution in [0.15, 0.2) is 113 Å². The average Bonchev–Trinajstić information content (AvgIpc) is 3.38. The molecule has 1 amide bonds. The fourth-order valence-corrected chi connectivity index (χ4v) is 5.77. The molecule has 0 radical (unpaired) electrons. The summed E-state index contributed by atoms with van der Waals surface area (Å²) in [5.41, 5.74) is 5.42. The Kier molecular flexibility index (Phi) is 8.50. The smallest absolute Gasteiger partial charge is 0.339 e. The van der Waals surface area contributed by atoms with Gasteiger partial charge >= 0.3 is 5.97 Å². The quantitative estimate of drug-likeness (QED) is 0.141. The third-order valence-corrected chi connectivity index (χ3v) is 8.23. The normalized spacial score (nSPS) is 14.3. The van der Waals surface area contributed by atoms with E-state index in [4.69, 9.17) is 4.98 Å². The Labute approximate surface area is 260 Å². The second-order valence-electron chi connectivity index (χ2n) is 11.2. The van der Waals surface area contributed by atoms with Gasteiger partial charge in [-0.2, -0.15) is 10.2 Å². The van der Waals surface area contributed by atoms with Crippen molar-refractivity contribution >= 4 is 39.9 Å². The van der Waals surface area contributed by atoms with Crippen molar-refractivity contribution < 1.29 is 19.8 Å². The van der Waals surface area contributed by atoms with E-state index in [1.807, 2.05) is 65.6 Å². The van der Waals surface area contributed by atoms with Crippen LogP contribution in [-0.2, 0) is 11.3 Å². The van der Waals surface area contributed by atoms with Gasteiger partial charge in [0.15, 0.2) is 0 Å². The molecule has 1 aliphatic rings. The molecule has 9 nitrogen and oxygen atoms in total. The molecule has 0 atom stereocenters. The topological polar surface area (TPSA) is 120 Å². The third kappa shape index (κ3) is 6.67. The number of imidazole rings is 1. The number of aromatic nitrogens is 2. The molecular formula is C36H33N5O4. The highest BCUT2D eigenvalue weighted by Crippen LogP contribution is 2.29. The zero-order valence-electron chi connectivity index (χ0n) is 24.9. The number of fused-ring (bicyclic) bond motifs is 1. The minimum absolute atomic E-state index is 0.0121. The van der Waals surface area contributed by atoms with E-state index in [1.54, 1.807) is 18.2 Å². The molecule has 1 aliphatic heterocycles. The average molecular weight is 600 g/mol. The first-order valence-electron chi connectivity index (χ1n) is 14.9. The number of aromatic hydroxyl groups is 1. The van der Waals surface area contributed by atoms with Crippen LogP contribution >= 0.6 is 0 Å². The van der Waals surface area contributed by atoms with Crippen LogP contribution in [-0.4, -0.2) is 49.6 Å². The van der Waals surface area contributed by atoms with Gasteiger partial charge in [0.1, 0.15) is 17.1 Å². The van der Waals surface area contributed by atoms with Crippen LogP contribution in [0.1, 0.15) is 40.2 Å². The number of hydrogen-bond acceptors (Lipinski definition) is 6. The van der Waals surface area contributed by atoms with Gasteiger partial charge in [0.25, 0.3) is 0 Å². The van der Waals surface area contributed by atoms with Crippen molar-refractivity contribution in [1.29, 1.82) is 0 Å². The molecule has 6 rings (SSSR count). The molecule has 0 spiro atoms. The van der Waals surface area contributed by atoms with E-state index in [9.17, 15) is 19.8 Å². The maximum atomic E-state index is 13.6. The second-order valence-corrected chi connectivity index (χ2v) is 11.2. The Balaban J connectivity index is 1.16. The van der Waals surface area contributed by atoms with Crippen LogP contribution < -0.4 is 0 Å². The molecule has 4 aromatic carbocycles. The summed E-state index contributed by atoms with van der Waals surface area (Å²) in [6.45, 7) is 4.36. The molecule has 1 saturated heterocycles. The van der Waals surface area contributed by atoms with Gasteiger partial charge in [0.05, 0.1) is 22.4 Å². The number of amides is 1. The molecule has 0 saturated carbocycles. The van der Waals surface area contributed by atoms with Gasteiger partial charge in [-0.3, -0.25) is 4.79 Å². The van der Waals surface area contributed by atoms with Gasteiger partial charge in [0.2, 0.25) is 5.91 Å². The molecule has 226 valence electrons. The number of rotatable bonds is 8. The number of carbonyl (C=O) groups excluding carboxylic acids is 1. The van der Waals surface area contributed by atoms with Gasteiger partial charge in [-0.1, -0.05) is 54.6 Å². The van der Waals surface area contributed by atoms with Gasteiger partial charge in [-0.15, -0.1) is 0 Å². The fraction of sp³-hybridized carbons (Fsp3) is 0.194. The predicted molar refractivity (Wildman–Crippen MR) is 173 cm³/mol. The van der Waals surface area contributed by atoms with Crippen molar-refractivity contribution in [3.05, 3.63) is 126 Å². The Hall–Kier alpha value is -5.57. The number of likely N-dealkylation sites (tertiary alicyclic amines) is 1. The Morgan fingerprint density at radius 3 is 2.24 bits per heavy atom. The number of carboxylic acids is 1. The number of carbonyl (C=O) groups is 2. The van der Waals surface area contributed by atoms with Crippen molar-refractivity contribution in [1.82, 2.24) is 14.5 Å². The molecule has 2 N–H and O–H groups in total. The summed E-state index contributed by atoms with van der Waals surface area (Å²) in [5.74, 6) is -0.0938. The molecule has 9 heteroatoms. The first-order valence-corrected chi connectivity index (χ1v) is 14.9. The SMILES string of the molecule is Cc1nc2ccccc2n1CC1CCN(C(=O)/C=C(/c2ccccc2)c2ccc(N=Nc3ccc(O)c(C(=O)O)c3)cc2)CC1. The fourth-order valence-electron chi connectivity index (χ4n) is 5.77. The van der Waals surface area contributed by atoms with E-state index in [0.717, 1.165) is 52.9 Å². The summed E-state index contributed by atoms with van der Waals surface area (Å²) < 4.78 is 2.30. The van der Waals surface area contributed by atoms with Crippen molar-refractivity contribution in [3.63, 3.8) is 0 Å². The Bertz CT molecular complexity index is 1900. The number of carboxylic acid groups (broad SMARTS) is 1. The summed E-state index contributed by atoms with van der Waals surface area (Å²) in [6, 6.07) is 29.5. The molecule has 1 fully saturated rings. The summed E-state index contributed by atoms with van der Waals surface area (Å²) in [7, 11) is 0. The Morgan fingerprint density at radius 1 is 0.867 bits per heavy atom. The van der Waals surface area contributed by atoms with E-state index in [-0.39, 0.29) is 17.2 Å². The lowest BCUT2D eigenvalue weighted by Crippen LogP contribution is -2.38. The molecule has 0 aliphatic carbocycles. The number of piperidine rings is 1. The lowest BCUT2D eigenvalue weighted by molar-refractivity contribution is -0.127. The summed E-state index contributed by atoms with van der Waals surface area (Å²) in [5, 5.41) is 27.3. The van der Waals surface area contributed by atoms with Crippen LogP contribution in [0.3, 0.4) is 0 Å². The molecule has 5 aromatic rings. The van der Waals surface area contributed by atoms with Gasteiger partial charge < -0.3 is 19.7 Å². The maximum Gasteiger partial charge on any atom is 0.339 e. The van der Waals surface area contributed by atoms with Crippen molar-refractivity contribution in [2.24, 2.45) is 16.1 Å². The molecular weight excluding hydrogens is 566 g/mol. The Morgan fingerprint density at radius 2 is 1.51 bits per heavy atom. The summed E-state index contributed by atoms with van der Waals surface area (Å²) >= 11 is 0. The number of nitrogens with zero attached hydrogens (tertiary/aromatic N) is 5. The number of benzene rings is 4. The van der Waals surface area contributed by atoms with Crippen LogP contribution in [0.2, 0.25) is 0 Å². The second kappa shape index (κ2) is 13.0. The van der Waals surface area contributed by atoms with E-state index in [1.165, 1.54) is 18.2 Å². The van der Waals surface area contributed by atoms with Crippen LogP contribution in [0, 0.1) is 12.8 Å². The lowest BCUT2D eigenvalue weighted by Gasteiger charge is -2.32. The lowest BCUT2D eigenvalue weighted by atomic mass is 9.95. The molecule has 1 aromatic heterocycles. The number of hydrogen-bond donors (Lipinski definition) is 2. The van der Waals surface area contributed by atoms with Crippen LogP contribution in [0.25, 0.3) is 16.6 Å².